The number of ketones is 1. The first kappa shape index (κ1) is 25.2. The van der Waals surface area contributed by atoms with Gasteiger partial charge in [0, 0.05) is 51.1 Å². The Morgan fingerprint density at radius 2 is 1.63 bits per heavy atom. The van der Waals surface area contributed by atoms with Crippen molar-refractivity contribution in [3.63, 3.8) is 0 Å². The van der Waals surface area contributed by atoms with Gasteiger partial charge in [-0.1, -0.05) is 37.3 Å². The molecule has 3 rings (SSSR count). The first-order valence-corrected chi connectivity index (χ1v) is 11.1. The standard InChI is InChI=1S/C26H36NO2.Y/c1-5-24(25(28)18-23-20(2)12-11-13-21(23)3)27(16-9-6-10-17-27)19-22-14-7-8-15-26(22)29-4;/h7-8,11-15,24H,5-6,9-10,16-19H2,1-4H3;/q+1;. The first-order chi connectivity index (χ1) is 14.0. The van der Waals surface area contributed by atoms with Crippen molar-refractivity contribution >= 4 is 5.78 Å². The number of hydrogen-bond donors (Lipinski definition) is 0. The zero-order chi connectivity index (χ0) is 20.9. The predicted octanol–water partition coefficient (Wildman–Crippen LogP) is 5.40. The monoisotopic (exact) mass is 483 g/mol. The van der Waals surface area contributed by atoms with Crippen molar-refractivity contribution in [3.8, 4) is 5.75 Å². The third-order valence-electron chi connectivity index (χ3n) is 6.80. The Morgan fingerprint density at radius 3 is 2.23 bits per heavy atom. The third-order valence-corrected chi connectivity index (χ3v) is 6.80. The van der Waals surface area contributed by atoms with Crippen LogP contribution in [0.25, 0.3) is 0 Å². The van der Waals surface area contributed by atoms with Crippen LogP contribution in [0.2, 0.25) is 0 Å². The topological polar surface area (TPSA) is 26.3 Å². The van der Waals surface area contributed by atoms with Crippen LogP contribution in [0.1, 0.15) is 54.9 Å². The van der Waals surface area contributed by atoms with E-state index in [4.69, 9.17) is 4.74 Å². The van der Waals surface area contributed by atoms with Crippen molar-refractivity contribution in [1.82, 2.24) is 0 Å². The summed E-state index contributed by atoms with van der Waals surface area (Å²) in [7, 11) is 1.74. The maximum Gasteiger partial charge on any atom is 0.194 e. The fourth-order valence-electron chi connectivity index (χ4n) is 5.24. The Labute approximate surface area is 207 Å². The van der Waals surface area contributed by atoms with E-state index in [-0.39, 0.29) is 38.8 Å². The largest absolute Gasteiger partial charge is 0.496 e. The average Bonchev–Trinajstić information content (AvgIpc) is 2.72. The molecule has 1 fully saturated rings. The maximum absolute atomic E-state index is 13.7. The maximum atomic E-state index is 13.7. The summed E-state index contributed by atoms with van der Waals surface area (Å²) in [4.78, 5) is 13.7. The zero-order valence-electron chi connectivity index (χ0n) is 19.1. The molecule has 0 amide bonds. The average molecular weight is 483 g/mol. The van der Waals surface area contributed by atoms with Gasteiger partial charge in [0.1, 0.15) is 18.3 Å². The molecule has 1 atom stereocenters. The SMILES string of the molecule is CCC(C(=O)Cc1c(C)cccc1C)[N+]1(Cc2ccccc2OC)CCCCC1.[Y]. The molecular formula is C26H36NO2Y+. The number of piperidine rings is 1. The second-order valence-electron chi connectivity index (χ2n) is 8.63. The summed E-state index contributed by atoms with van der Waals surface area (Å²) >= 11 is 0. The van der Waals surface area contributed by atoms with Crippen LogP contribution >= 0.6 is 0 Å². The van der Waals surface area contributed by atoms with Gasteiger partial charge in [0.25, 0.3) is 0 Å². The smallest absolute Gasteiger partial charge is 0.194 e. The molecule has 159 valence electrons. The van der Waals surface area contributed by atoms with E-state index in [2.05, 4.69) is 51.1 Å². The van der Waals surface area contributed by atoms with Gasteiger partial charge in [-0.3, -0.25) is 4.79 Å². The number of Topliss-reactive ketones (excluding diaryl/α,β-unsaturated/α-hetero) is 1. The number of likely N-dealkylation sites (tertiary alicyclic amines) is 1. The number of carbonyl (C=O) groups is 1. The quantitative estimate of drug-likeness (QED) is 0.470. The minimum absolute atomic E-state index is 0. The van der Waals surface area contributed by atoms with Crippen LogP contribution in [-0.2, 0) is 50.5 Å². The number of ether oxygens (including phenoxy) is 1. The summed E-state index contributed by atoms with van der Waals surface area (Å²) in [5.74, 6) is 1.33. The van der Waals surface area contributed by atoms with Gasteiger partial charge >= 0.3 is 0 Å². The molecule has 30 heavy (non-hydrogen) atoms. The second kappa shape index (κ2) is 11.6. The second-order valence-corrected chi connectivity index (χ2v) is 8.63. The van der Waals surface area contributed by atoms with Crippen LogP contribution in [0.3, 0.4) is 0 Å². The van der Waals surface area contributed by atoms with Crippen molar-refractivity contribution in [2.75, 3.05) is 20.2 Å². The number of rotatable bonds is 8. The zero-order valence-corrected chi connectivity index (χ0v) is 22.0. The number of aryl methyl sites for hydroxylation is 2. The predicted molar refractivity (Wildman–Crippen MR) is 119 cm³/mol. The molecule has 0 bridgehead atoms. The Balaban J connectivity index is 0.00000320. The normalized spacial score (nSPS) is 16.4. The van der Waals surface area contributed by atoms with Gasteiger partial charge in [-0.2, -0.15) is 0 Å². The molecule has 0 aromatic heterocycles. The van der Waals surface area contributed by atoms with Crippen molar-refractivity contribution in [1.29, 1.82) is 0 Å². The first-order valence-electron chi connectivity index (χ1n) is 11.1. The van der Waals surface area contributed by atoms with E-state index in [1.807, 2.05) is 12.1 Å². The number of benzene rings is 2. The Morgan fingerprint density at radius 1 is 1.00 bits per heavy atom. The minimum atomic E-state index is 0. The van der Waals surface area contributed by atoms with Crippen LogP contribution < -0.4 is 4.74 Å². The summed E-state index contributed by atoms with van der Waals surface area (Å²) in [6, 6.07) is 14.7. The summed E-state index contributed by atoms with van der Waals surface area (Å²) < 4.78 is 6.51. The molecule has 2 aromatic carbocycles. The fourth-order valence-corrected chi connectivity index (χ4v) is 5.24. The van der Waals surface area contributed by atoms with Gasteiger partial charge < -0.3 is 9.22 Å². The minimum Gasteiger partial charge on any atom is -0.496 e. The molecule has 2 aromatic rings. The van der Waals surface area contributed by atoms with Gasteiger partial charge in [-0.15, -0.1) is 0 Å². The van der Waals surface area contributed by atoms with Crippen LogP contribution in [0.15, 0.2) is 42.5 Å². The Hall–Kier alpha value is -1.03. The molecule has 1 heterocycles. The van der Waals surface area contributed by atoms with Gasteiger partial charge in [0.2, 0.25) is 0 Å². The van der Waals surface area contributed by atoms with E-state index in [0.29, 0.717) is 12.2 Å². The summed E-state index contributed by atoms with van der Waals surface area (Å²) in [6.07, 6.45) is 5.10. The van der Waals surface area contributed by atoms with Gasteiger partial charge in [-0.05, 0) is 61.9 Å². The van der Waals surface area contributed by atoms with Crippen molar-refractivity contribution in [2.45, 2.75) is 65.5 Å². The summed E-state index contributed by atoms with van der Waals surface area (Å²) in [5, 5.41) is 0. The van der Waals surface area contributed by atoms with Gasteiger partial charge in [0.05, 0.1) is 20.2 Å². The van der Waals surface area contributed by atoms with E-state index < -0.39 is 0 Å². The number of methoxy groups -OCH3 is 1. The number of nitrogens with zero attached hydrogens (tertiary/aromatic N) is 1. The number of carbonyl (C=O) groups excluding carboxylic acids is 1. The van der Waals surface area contributed by atoms with E-state index in [9.17, 15) is 4.79 Å². The Kier molecular flexibility index (Phi) is 9.72. The fraction of sp³-hybridized carbons (Fsp3) is 0.500. The van der Waals surface area contributed by atoms with Crippen LogP contribution in [-0.4, -0.2) is 36.5 Å². The molecular weight excluding hydrogens is 447 g/mol. The number of para-hydroxylation sites is 1. The van der Waals surface area contributed by atoms with Crippen LogP contribution in [0.5, 0.6) is 5.75 Å². The van der Waals surface area contributed by atoms with E-state index in [1.165, 1.54) is 41.5 Å². The molecule has 1 aliphatic heterocycles. The van der Waals surface area contributed by atoms with Crippen molar-refractivity contribution < 1.29 is 46.7 Å². The molecule has 3 nitrogen and oxygen atoms in total. The number of quaternary nitrogens is 1. The Bertz CT molecular complexity index is 822. The van der Waals surface area contributed by atoms with Crippen molar-refractivity contribution in [3.05, 3.63) is 64.7 Å². The summed E-state index contributed by atoms with van der Waals surface area (Å²) in [6.45, 7) is 9.46. The molecule has 0 N–H and O–H groups in total. The van der Waals surface area contributed by atoms with E-state index >= 15 is 0 Å². The third kappa shape index (κ3) is 5.61. The molecule has 1 aliphatic rings. The van der Waals surface area contributed by atoms with Crippen molar-refractivity contribution in [2.24, 2.45) is 0 Å². The molecule has 0 spiro atoms. The number of hydrogen-bond acceptors (Lipinski definition) is 2. The molecule has 0 saturated carbocycles. The van der Waals surface area contributed by atoms with Gasteiger partial charge in [0.15, 0.2) is 5.78 Å². The van der Waals surface area contributed by atoms with E-state index in [1.54, 1.807) is 7.11 Å². The molecule has 0 aliphatic carbocycles. The molecule has 4 heteroatoms. The van der Waals surface area contributed by atoms with Crippen LogP contribution in [0, 0.1) is 13.8 Å². The van der Waals surface area contributed by atoms with Crippen LogP contribution in [0.4, 0.5) is 0 Å². The molecule has 1 saturated heterocycles. The van der Waals surface area contributed by atoms with Gasteiger partial charge in [-0.25, -0.2) is 0 Å². The summed E-state index contributed by atoms with van der Waals surface area (Å²) in [5.41, 5.74) is 4.88. The van der Waals surface area contributed by atoms with E-state index in [0.717, 1.165) is 36.3 Å². The molecule has 1 unspecified atom stereocenters. The molecule has 1 radical (unpaired) electrons.